The van der Waals surface area contributed by atoms with Gasteiger partial charge in [-0.15, -0.1) is 0 Å². The summed E-state index contributed by atoms with van der Waals surface area (Å²) in [6.45, 7) is 10.3. The van der Waals surface area contributed by atoms with E-state index >= 15 is 0 Å². The van der Waals surface area contributed by atoms with Gasteiger partial charge in [-0.1, -0.05) is 6.92 Å². The Kier molecular flexibility index (Phi) is 20.7. The van der Waals surface area contributed by atoms with E-state index in [0.29, 0.717) is 141 Å². The van der Waals surface area contributed by atoms with Crippen molar-refractivity contribution in [1.82, 2.24) is 9.55 Å². The molecule has 19 nitrogen and oxygen atoms in total. The molecule has 2 aromatic heterocycles. The van der Waals surface area contributed by atoms with Gasteiger partial charge in [-0.25, -0.2) is 14.6 Å². The first-order valence-corrected chi connectivity index (χ1v) is 20.5. The molecule has 0 saturated carbocycles. The normalized spacial score (nSPS) is 15.4. The van der Waals surface area contributed by atoms with Crippen molar-refractivity contribution in [2.75, 3.05) is 139 Å². The number of aliphatic hydroxyl groups is 1. The van der Waals surface area contributed by atoms with Gasteiger partial charge < -0.3 is 71.3 Å². The van der Waals surface area contributed by atoms with Crippen LogP contribution in [0.25, 0.3) is 22.3 Å². The summed E-state index contributed by atoms with van der Waals surface area (Å²) in [5.41, 5.74) is 0.721. The second-order valence-electron chi connectivity index (χ2n) is 13.7. The van der Waals surface area contributed by atoms with Crippen LogP contribution in [0.1, 0.15) is 30.0 Å². The lowest BCUT2D eigenvalue weighted by molar-refractivity contribution is -0.172. The van der Waals surface area contributed by atoms with Crippen molar-refractivity contribution in [2.45, 2.75) is 32.1 Å². The third-order valence-electron chi connectivity index (χ3n) is 9.54. The van der Waals surface area contributed by atoms with Crippen molar-refractivity contribution in [3.8, 4) is 17.1 Å². The number of benzene rings is 1. The summed E-state index contributed by atoms with van der Waals surface area (Å²) in [4.78, 5) is 42.9. The predicted octanol–water partition coefficient (Wildman–Crippen LogP) is 2.39. The van der Waals surface area contributed by atoms with Gasteiger partial charge in [-0.05, 0) is 36.8 Å². The maximum atomic E-state index is 13.4. The summed E-state index contributed by atoms with van der Waals surface area (Å²) in [6.07, 6.45) is -0.825. The van der Waals surface area contributed by atoms with E-state index in [1.54, 1.807) is 42.9 Å². The van der Waals surface area contributed by atoms with Crippen LogP contribution < -0.4 is 10.3 Å². The summed E-state index contributed by atoms with van der Waals surface area (Å²) in [5, 5.41) is 11.8. The van der Waals surface area contributed by atoms with Gasteiger partial charge >= 0.3 is 12.1 Å². The Bertz CT molecular complexity index is 1870. The largest absolute Gasteiger partial charge is 0.513 e. The van der Waals surface area contributed by atoms with Crippen molar-refractivity contribution in [3.63, 3.8) is 0 Å². The van der Waals surface area contributed by atoms with E-state index in [9.17, 15) is 19.5 Å². The summed E-state index contributed by atoms with van der Waals surface area (Å²) < 4.78 is 71.1. The number of hydrogen-bond acceptors (Lipinski definition) is 18. The second kappa shape index (κ2) is 26.4. The van der Waals surface area contributed by atoms with Crippen LogP contribution in [0.5, 0.6) is 5.75 Å². The molecule has 4 heterocycles. The van der Waals surface area contributed by atoms with Crippen LogP contribution in [0, 0.1) is 0 Å². The van der Waals surface area contributed by atoms with Gasteiger partial charge in [0.05, 0.1) is 155 Å². The maximum absolute atomic E-state index is 13.4. The van der Waals surface area contributed by atoms with Crippen LogP contribution in [-0.2, 0) is 80.4 Å². The van der Waals surface area contributed by atoms with Gasteiger partial charge in [0.1, 0.15) is 19.0 Å². The molecule has 0 bridgehead atoms. The van der Waals surface area contributed by atoms with Crippen LogP contribution in [-0.4, -0.2) is 166 Å². The zero-order chi connectivity index (χ0) is 43.1. The first-order chi connectivity index (χ1) is 29.9. The third-order valence-corrected chi connectivity index (χ3v) is 9.54. The lowest BCUT2D eigenvalue weighted by atomic mass is 9.86. The van der Waals surface area contributed by atoms with Crippen LogP contribution in [0.4, 0.5) is 4.79 Å². The second-order valence-corrected chi connectivity index (χ2v) is 13.7. The van der Waals surface area contributed by atoms with Crippen LogP contribution in [0.3, 0.4) is 0 Å². The third kappa shape index (κ3) is 14.7. The van der Waals surface area contributed by atoms with Gasteiger partial charge in [0, 0.05) is 23.6 Å². The summed E-state index contributed by atoms with van der Waals surface area (Å²) in [7, 11) is 1.64. The molecule has 0 aliphatic carbocycles. The molecule has 2 aliphatic heterocycles. The number of fused-ring (bicyclic) bond motifs is 5. The molecule has 0 saturated heterocycles. The Labute approximate surface area is 354 Å². The number of nitrogens with zero attached hydrogens (tertiary/aromatic N) is 2. The maximum Gasteiger partial charge on any atom is 0.513 e. The molecule has 0 fully saturated rings. The van der Waals surface area contributed by atoms with Crippen molar-refractivity contribution in [1.29, 1.82) is 0 Å². The van der Waals surface area contributed by atoms with E-state index in [1.807, 2.05) is 6.07 Å². The average molecular weight is 863 g/mol. The molecule has 0 spiro atoms. The fraction of sp³-hybridized carbons (Fsp3) is 0.619. The Morgan fingerprint density at radius 1 is 0.705 bits per heavy atom. The van der Waals surface area contributed by atoms with E-state index < -0.39 is 17.7 Å². The minimum Gasteiger partial charge on any atom is -0.458 e. The van der Waals surface area contributed by atoms with Crippen molar-refractivity contribution in [2.24, 2.45) is 0 Å². The molecule has 0 amide bonds. The first-order valence-electron chi connectivity index (χ1n) is 20.5. The van der Waals surface area contributed by atoms with Crippen molar-refractivity contribution >= 4 is 23.0 Å². The zero-order valence-electron chi connectivity index (χ0n) is 35.0. The smallest absolute Gasteiger partial charge is 0.458 e. The van der Waals surface area contributed by atoms with Gasteiger partial charge in [-0.3, -0.25) is 4.79 Å². The first kappa shape index (κ1) is 47.9. The van der Waals surface area contributed by atoms with Gasteiger partial charge in [-0.2, -0.15) is 0 Å². The van der Waals surface area contributed by atoms with Crippen LogP contribution in [0.15, 0.2) is 35.1 Å². The van der Waals surface area contributed by atoms with E-state index in [-0.39, 0.29) is 55.2 Å². The van der Waals surface area contributed by atoms with Crippen LogP contribution in [0.2, 0.25) is 0 Å². The number of esters is 1. The fourth-order valence-electron chi connectivity index (χ4n) is 6.34. The number of aromatic nitrogens is 2. The number of pyridine rings is 2. The number of cyclic esters (lactones) is 1. The standard InChI is InChI=1S/C42H58N2O17/c1-3-42(48)35-28-37-38-32(29-44(37)39(45)34(35)30-60-40(42)46)26-31-27-33(4-5-36(31)43-38)61-41(47)59-25-24-58-23-22-57-21-20-56-19-18-55-17-16-54-15-14-53-13-12-52-11-10-51-9-8-50-7-6-49-2/h4-5,26-28,48H,3,6-25,29-30H2,1-2H3/t42-/m0/s1. The molecule has 1 atom stereocenters. The molecule has 61 heavy (non-hydrogen) atoms. The molecule has 1 N–H and O–H groups in total. The highest BCUT2D eigenvalue weighted by molar-refractivity contribution is 5.87. The molecule has 2 aliphatic rings. The Hall–Kier alpha value is -4.12. The van der Waals surface area contributed by atoms with Gasteiger partial charge in [0.15, 0.2) is 5.60 Å². The van der Waals surface area contributed by atoms with Gasteiger partial charge in [0.2, 0.25) is 0 Å². The van der Waals surface area contributed by atoms with E-state index in [0.717, 1.165) is 5.56 Å². The zero-order valence-corrected chi connectivity index (χ0v) is 35.0. The fourth-order valence-corrected chi connectivity index (χ4v) is 6.34. The van der Waals surface area contributed by atoms with E-state index in [1.165, 1.54) is 0 Å². The highest BCUT2D eigenvalue weighted by Gasteiger charge is 2.45. The lowest BCUT2D eigenvalue weighted by Crippen LogP contribution is -2.44. The lowest BCUT2D eigenvalue weighted by Gasteiger charge is -2.31. The predicted molar refractivity (Wildman–Crippen MR) is 216 cm³/mol. The monoisotopic (exact) mass is 862 g/mol. The van der Waals surface area contributed by atoms with E-state index in [2.05, 4.69) is 0 Å². The number of carbonyl (C=O) groups is 2. The molecule has 338 valence electrons. The van der Waals surface area contributed by atoms with Crippen molar-refractivity contribution in [3.05, 3.63) is 57.4 Å². The Balaban J connectivity index is 0.818. The number of hydrogen-bond donors (Lipinski definition) is 1. The summed E-state index contributed by atoms with van der Waals surface area (Å²) in [5.74, 6) is -0.516. The quantitative estimate of drug-likeness (QED) is 0.0425. The minimum atomic E-state index is -1.90. The highest BCUT2D eigenvalue weighted by Crippen LogP contribution is 2.39. The van der Waals surface area contributed by atoms with Crippen molar-refractivity contribution < 1.29 is 76.3 Å². The highest BCUT2D eigenvalue weighted by atomic mass is 16.7. The van der Waals surface area contributed by atoms with E-state index in [4.69, 9.17) is 66.6 Å². The SMILES string of the molecule is CC[C@@]1(O)C(=O)OCc2c1cc1n(c2=O)Cc2cc3cc(OC(=O)OCCOCCOCCOCCOCCOCCOCCOCCOCCOCCOC)ccc3nc2-1. The number of methoxy groups -OCH3 is 1. The molecule has 0 radical (unpaired) electrons. The molecule has 5 rings (SSSR count). The molecular weight excluding hydrogens is 804 g/mol. The Morgan fingerprint density at radius 3 is 1.69 bits per heavy atom. The van der Waals surface area contributed by atoms with Crippen LogP contribution >= 0.6 is 0 Å². The number of ether oxygens (including phenoxy) is 13. The molecule has 3 aromatic rings. The average Bonchev–Trinajstić information content (AvgIpc) is 3.62. The topological polar surface area (TPSA) is 209 Å². The summed E-state index contributed by atoms with van der Waals surface area (Å²) in [6, 6.07) is 8.47. The summed E-state index contributed by atoms with van der Waals surface area (Å²) >= 11 is 0. The molecular formula is C42H58N2O17. The molecule has 0 unspecified atom stereocenters. The Morgan fingerprint density at radius 2 is 1.20 bits per heavy atom. The molecule has 1 aromatic carbocycles. The number of carbonyl (C=O) groups excluding carboxylic acids is 2. The number of rotatable bonds is 32. The minimum absolute atomic E-state index is 0.00934. The van der Waals surface area contributed by atoms with Gasteiger partial charge in [0.25, 0.3) is 5.56 Å². The molecule has 19 heteroatoms.